The van der Waals surface area contributed by atoms with Crippen LogP contribution >= 0.6 is 11.3 Å². The molecule has 0 aliphatic heterocycles. The van der Waals surface area contributed by atoms with Crippen molar-refractivity contribution in [3.8, 4) is 0 Å². The van der Waals surface area contributed by atoms with Crippen LogP contribution in [0, 0.1) is 5.92 Å². The number of nitrogens with zero attached hydrogens (tertiary/aromatic N) is 1. The Kier molecular flexibility index (Phi) is 2.30. The summed E-state index contributed by atoms with van der Waals surface area (Å²) in [4.78, 5) is 4.08. The number of hydrogen-bond acceptors (Lipinski definition) is 3. The van der Waals surface area contributed by atoms with Gasteiger partial charge in [0.1, 0.15) is 5.60 Å². The van der Waals surface area contributed by atoms with Gasteiger partial charge in [0.15, 0.2) is 0 Å². The molecule has 0 aromatic carbocycles. The first kappa shape index (κ1) is 8.68. The third-order valence-electron chi connectivity index (χ3n) is 2.08. The molecule has 62 valence electrons. The molecule has 1 atom stereocenters. The van der Waals surface area contributed by atoms with E-state index in [2.05, 4.69) is 4.98 Å². The van der Waals surface area contributed by atoms with E-state index in [-0.39, 0.29) is 5.92 Å². The van der Waals surface area contributed by atoms with Crippen molar-refractivity contribution < 1.29 is 5.11 Å². The van der Waals surface area contributed by atoms with Crippen LogP contribution in [0.5, 0.6) is 0 Å². The topological polar surface area (TPSA) is 33.1 Å². The number of hydrogen-bond donors (Lipinski definition) is 1. The summed E-state index contributed by atoms with van der Waals surface area (Å²) in [7, 11) is 0. The average Bonchev–Trinajstić information content (AvgIpc) is 2.37. The molecule has 2 nitrogen and oxygen atoms in total. The van der Waals surface area contributed by atoms with Gasteiger partial charge in [0.2, 0.25) is 0 Å². The maximum atomic E-state index is 9.90. The quantitative estimate of drug-likeness (QED) is 0.738. The fraction of sp³-hybridized carbons (Fsp3) is 0.625. The first-order valence-corrected chi connectivity index (χ1v) is 4.60. The van der Waals surface area contributed by atoms with E-state index in [1.165, 1.54) is 11.3 Å². The molecule has 0 saturated carbocycles. The van der Waals surface area contributed by atoms with E-state index in [4.69, 9.17) is 0 Å². The molecule has 11 heavy (non-hydrogen) atoms. The van der Waals surface area contributed by atoms with E-state index < -0.39 is 5.60 Å². The second-order valence-electron chi connectivity index (χ2n) is 3.18. The number of rotatable bonds is 2. The van der Waals surface area contributed by atoms with Crippen LogP contribution in [-0.4, -0.2) is 10.1 Å². The highest BCUT2D eigenvalue weighted by Crippen LogP contribution is 2.27. The van der Waals surface area contributed by atoms with E-state index in [0.29, 0.717) is 0 Å². The van der Waals surface area contributed by atoms with Crippen molar-refractivity contribution in [1.29, 1.82) is 0 Å². The summed E-state index contributed by atoms with van der Waals surface area (Å²) >= 11 is 1.51. The molecule has 1 aromatic heterocycles. The number of thiazole rings is 1. The molecule has 0 aliphatic rings. The Morgan fingerprint density at radius 1 is 1.64 bits per heavy atom. The third-order valence-corrected chi connectivity index (χ3v) is 2.66. The zero-order valence-corrected chi connectivity index (χ0v) is 7.85. The van der Waals surface area contributed by atoms with Crippen molar-refractivity contribution in [3.05, 3.63) is 16.6 Å². The second-order valence-corrected chi connectivity index (χ2v) is 3.89. The number of aromatic nitrogens is 1. The van der Waals surface area contributed by atoms with Crippen molar-refractivity contribution in [3.63, 3.8) is 0 Å². The normalized spacial score (nSPS) is 16.8. The largest absolute Gasteiger partial charge is 0.384 e. The van der Waals surface area contributed by atoms with Gasteiger partial charge < -0.3 is 5.11 Å². The monoisotopic (exact) mass is 171 g/mol. The Bertz CT molecular complexity index is 216. The van der Waals surface area contributed by atoms with Gasteiger partial charge in [-0.25, -0.2) is 4.98 Å². The zero-order valence-electron chi connectivity index (χ0n) is 7.03. The van der Waals surface area contributed by atoms with Crippen molar-refractivity contribution in [2.75, 3.05) is 0 Å². The molecule has 0 spiro atoms. The molecule has 0 radical (unpaired) electrons. The van der Waals surface area contributed by atoms with Crippen LogP contribution in [0.1, 0.15) is 26.5 Å². The molecule has 0 unspecified atom stereocenters. The molecular formula is C8H13NOS. The lowest BCUT2D eigenvalue weighted by atomic mass is 9.90. The highest BCUT2D eigenvalue weighted by atomic mass is 32.1. The summed E-state index contributed by atoms with van der Waals surface area (Å²) in [5, 5.41) is 11.8. The highest BCUT2D eigenvalue weighted by Gasteiger charge is 2.28. The molecule has 0 bridgehead atoms. The van der Waals surface area contributed by atoms with Crippen molar-refractivity contribution in [2.24, 2.45) is 5.92 Å². The van der Waals surface area contributed by atoms with E-state index in [9.17, 15) is 5.11 Å². The lowest BCUT2D eigenvalue weighted by molar-refractivity contribution is 0.00545. The minimum atomic E-state index is -0.778. The van der Waals surface area contributed by atoms with Crippen LogP contribution < -0.4 is 0 Å². The van der Waals surface area contributed by atoms with E-state index in [0.717, 1.165) is 5.69 Å². The van der Waals surface area contributed by atoms with Crippen LogP contribution in [0.15, 0.2) is 10.9 Å². The summed E-state index contributed by atoms with van der Waals surface area (Å²) in [6, 6.07) is 0. The zero-order chi connectivity index (χ0) is 8.48. The minimum absolute atomic E-state index is 0.199. The van der Waals surface area contributed by atoms with E-state index >= 15 is 0 Å². The fourth-order valence-corrected chi connectivity index (χ4v) is 1.42. The van der Waals surface area contributed by atoms with E-state index in [1.54, 1.807) is 12.4 Å². The molecule has 1 rings (SSSR count). The summed E-state index contributed by atoms with van der Waals surface area (Å²) in [5.41, 5.74) is 1.74. The predicted octanol–water partition coefficient (Wildman–Crippen LogP) is 2.01. The van der Waals surface area contributed by atoms with Crippen molar-refractivity contribution in [2.45, 2.75) is 26.4 Å². The van der Waals surface area contributed by atoms with Gasteiger partial charge in [-0.15, -0.1) is 11.3 Å². The fourth-order valence-electron chi connectivity index (χ4n) is 0.758. The summed E-state index contributed by atoms with van der Waals surface area (Å²) in [5.74, 6) is 0.199. The third kappa shape index (κ3) is 1.60. The van der Waals surface area contributed by atoms with Crippen LogP contribution in [0.4, 0.5) is 0 Å². The van der Waals surface area contributed by atoms with E-state index in [1.807, 2.05) is 19.2 Å². The molecule has 0 amide bonds. The van der Waals surface area contributed by atoms with Crippen LogP contribution in [-0.2, 0) is 5.60 Å². The Labute approximate surface area is 70.9 Å². The minimum Gasteiger partial charge on any atom is -0.384 e. The van der Waals surface area contributed by atoms with Crippen molar-refractivity contribution in [1.82, 2.24) is 4.98 Å². The van der Waals surface area contributed by atoms with Gasteiger partial charge in [-0.3, -0.25) is 0 Å². The molecule has 1 aromatic rings. The van der Waals surface area contributed by atoms with Gasteiger partial charge >= 0.3 is 0 Å². The van der Waals surface area contributed by atoms with Gasteiger partial charge in [-0.05, 0) is 12.8 Å². The Balaban J connectivity index is 2.90. The second kappa shape index (κ2) is 2.91. The standard InChI is InChI=1S/C8H13NOS/c1-6(2)8(3,10)7-4-11-5-9-7/h4-6,10H,1-3H3/t8-/m0/s1. The van der Waals surface area contributed by atoms with Gasteiger partial charge in [0.05, 0.1) is 11.2 Å². The Morgan fingerprint density at radius 2 is 2.27 bits per heavy atom. The maximum Gasteiger partial charge on any atom is 0.107 e. The molecular weight excluding hydrogens is 158 g/mol. The first-order chi connectivity index (χ1) is 5.05. The predicted molar refractivity (Wildman–Crippen MR) is 46.5 cm³/mol. The summed E-state index contributed by atoms with van der Waals surface area (Å²) in [6.45, 7) is 5.77. The van der Waals surface area contributed by atoms with Gasteiger partial charge in [0.25, 0.3) is 0 Å². The lowest BCUT2D eigenvalue weighted by Gasteiger charge is -2.25. The average molecular weight is 171 g/mol. The first-order valence-electron chi connectivity index (χ1n) is 3.66. The SMILES string of the molecule is CC(C)[C@](C)(O)c1cscn1. The Morgan fingerprint density at radius 3 is 2.64 bits per heavy atom. The molecule has 1 heterocycles. The molecule has 3 heteroatoms. The van der Waals surface area contributed by atoms with Gasteiger partial charge in [0, 0.05) is 5.38 Å². The van der Waals surface area contributed by atoms with Gasteiger partial charge in [-0.2, -0.15) is 0 Å². The number of aliphatic hydroxyl groups is 1. The highest BCUT2D eigenvalue weighted by molar-refractivity contribution is 7.07. The smallest absolute Gasteiger partial charge is 0.107 e. The molecule has 1 N–H and O–H groups in total. The van der Waals surface area contributed by atoms with Crippen LogP contribution in [0.2, 0.25) is 0 Å². The Hall–Kier alpha value is -0.410. The summed E-state index contributed by atoms with van der Waals surface area (Å²) in [6.07, 6.45) is 0. The molecule has 0 fully saturated rings. The van der Waals surface area contributed by atoms with Crippen molar-refractivity contribution >= 4 is 11.3 Å². The van der Waals surface area contributed by atoms with Gasteiger partial charge in [-0.1, -0.05) is 13.8 Å². The lowest BCUT2D eigenvalue weighted by Crippen LogP contribution is -2.28. The molecule has 0 saturated heterocycles. The summed E-state index contributed by atoms with van der Waals surface area (Å²) < 4.78 is 0. The van der Waals surface area contributed by atoms with Crippen LogP contribution in [0.25, 0.3) is 0 Å². The molecule has 0 aliphatic carbocycles. The van der Waals surface area contributed by atoms with Crippen LogP contribution in [0.3, 0.4) is 0 Å². The maximum absolute atomic E-state index is 9.90.